The average Bonchev–Trinajstić information content (AvgIpc) is 2.88. The highest BCUT2D eigenvalue weighted by Crippen LogP contribution is 2.30. The standard InChI is InChI=1S/C14H22N4O2/c1-10(2)9-17(11-5-3-4-6-11)14-8-12(18(19)20)7-13(15)16-14/h7-8,10-11H,3-6,9H2,1-2H3,(H2,15,16). The van der Waals surface area contributed by atoms with Crippen molar-refractivity contribution in [2.75, 3.05) is 17.2 Å². The van der Waals surface area contributed by atoms with E-state index >= 15 is 0 Å². The predicted octanol–water partition coefficient (Wildman–Crippen LogP) is 2.98. The molecule has 2 rings (SSSR count). The van der Waals surface area contributed by atoms with Gasteiger partial charge in [0.2, 0.25) is 0 Å². The smallest absolute Gasteiger partial charge is 0.276 e. The first-order valence-corrected chi connectivity index (χ1v) is 7.16. The van der Waals surface area contributed by atoms with Crippen LogP contribution in [0.4, 0.5) is 17.3 Å². The van der Waals surface area contributed by atoms with Crippen LogP contribution in [0, 0.1) is 16.0 Å². The number of hydrogen-bond acceptors (Lipinski definition) is 5. The Bertz CT molecular complexity index is 484. The second-order valence-electron chi connectivity index (χ2n) is 5.85. The first-order valence-electron chi connectivity index (χ1n) is 7.16. The van der Waals surface area contributed by atoms with Crippen LogP contribution >= 0.6 is 0 Å². The van der Waals surface area contributed by atoms with E-state index in [1.54, 1.807) is 0 Å². The molecule has 0 spiro atoms. The van der Waals surface area contributed by atoms with Gasteiger partial charge in [-0.3, -0.25) is 10.1 Å². The van der Waals surface area contributed by atoms with E-state index < -0.39 is 4.92 Å². The summed E-state index contributed by atoms with van der Waals surface area (Å²) in [5, 5.41) is 11.0. The highest BCUT2D eigenvalue weighted by Gasteiger charge is 2.26. The molecule has 0 radical (unpaired) electrons. The minimum absolute atomic E-state index is 0.0132. The first kappa shape index (κ1) is 14.6. The summed E-state index contributed by atoms with van der Waals surface area (Å²) in [4.78, 5) is 17.1. The fourth-order valence-electron chi connectivity index (χ4n) is 2.81. The highest BCUT2D eigenvalue weighted by atomic mass is 16.6. The van der Waals surface area contributed by atoms with Gasteiger partial charge in [-0.15, -0.1) is 0 Å². The van der Waals surface area contributed by atoms with Crippen molar-refractivity contribution in [1.82, 2.24) is 4.98 Å². The summed E-state index contributed by atoms with van der Waals surface area (Å²) in [6.45, 7) is 5.13. The lowest BCUT2D eigenvalue weighted by Crippen LogP contribution is -2.37. The Labute approximate surface area is 119 Å². The summed E-state index contributed by atoms with van der Waals surface area (Å²) in [6, 6.07) is 3.27. The molecule has 1 aliphatic rings. The van der Waals surface area contributed by atoms with Crippen LogP contribution in [0.5, 0.6) is 0 Å². The molecular formula is C14H22N4O2. The van der Waals surface area contributed by atoms with Crippen molar-refractivity contribution in [2.45, 2.75) is 45.6 Å². The largest absolute Gasteiger partial charge is 0.383 e. The lowest BCUT2D eigenvalue weighted by atomic mass is 10.1. The third kappa shape index (κ3) is 3.37. The van der Waals surface area contributed by atoms with E-state index in [9.17, 15) is 10.1 Å². The van der Waals surface area contributed by atoms with Crippen molar-refractivity contribution >= 4 is 17.3 Å². The summed E-state index contributed by atoms with van der Waals surface area (Å²) in [6.07, 6.45) is 4.67. The third-order valence-electron chi connectivity index (χ3n) is 3.65. The lowest BCUT2D eigenvalue weighted by Gasteiger charge is -2.31. The molecule has 0 saturated heterocycles. The zero-order valence-electron chi connectivity index (χ0n) is 12.1. The molecule has 1 aromatic heterocycles. The molecule has 0 amide bonds. The second kappa shape index (κ2) is 6.07. The minimum Gasteiger partial charge on any atom is -0.383 e. The van der Waals surface area contributed by atoms with Crippen LogP contribution in [0.3, 0.4) is 0 Å². The molecule has 110 valence electrons. The number of nitrogens with zero attached hydrogens (tertiary/aromatic N) is 3. The molecule has 0 unspecified atom stereocenters. The first-order chi connectivity index (χ1) is 9.47. The van der Waals surface area contributed by atoms with E-state index in [4.69, 9.17) is 5.73 Å². The Kier molecular flexibility index (Phi) is 4.42. The SMILES string of the molecule is CC(C)CN(c1cc([N+](=O)[O-])cc(N)n1)C1CCCC1. The Balaban J connectivity index is 2.34. The summed E-state index contributed by atoms with van der Waals surface area (Å²) in [7, 11) is 0. The molecule has 1 aliphatic carbocycles. The van der Waals surface area contributed by atoms with E-state index in [2.05, 4.69) is 23.7 Å². The highest BCUT2D eigenvalue weighted by molar-refractivity contribution is 5.54. The lowest BCUT2D eigenvalue weighted by molar-refractivity contribution is -0.384. The second-order valence-corrected chi connectivity index (χ2v) is 5.85. The quantitative estimate of drug-likeness (QED) is 0.661. The number of anilines is 2. The van der Waals surface area contributed by atoms with E-state index in [1.807, 2.05) is 0 Å². The minimum atomic E-state index is -0.413. The van der Waals surface area contributed by atoms with Gasteiger partial charge in [0.1, 0.15) is 11.6 Å². The fourth-order valence-corrected chi connectivity index (χ4v) is 2.81. The van der Waals surface area contributed by atoms with Gasteiger partial charge in [-0.2, -0.15) is 0 Å². The van der Waals surface area contributed by atoms with Gasteiger partial charge >= 0.3 is 0 Å². The van der Waals surface area contributed by atoms with E-state index in [0.717, 1.165) is 19.4 Å². The van der Waals surface area contributed by atoms with E-state index in [1.165, 1.54) is 25.0 Å². The zero-order chi connectivity index (χ0) is 14.7. The van der Waals surface area contributed by atoms with Gasteiger partial charge in [-0.1, -0.05) is 26.7 Å². The molecule has 0 aliphatic heterocycles. The number of hydrogen-bond donors (Lipinski definition) is 1. The summed E-state index contributed by atoms with van der Waals surface area (Å²) < 4.78 is 0. The van der Waals surface area contributed by atoms with Crippen molar-refractivity contribution in [2.24, 2.45) is 5.92 Å². The molecular weight excluding hydrogens is 256 g/mol. The van der Waals surface area contributed by atoms with Gasteiger partial charge < -0.3 is 10.6 Å². The number of aromatic nitrogens is 1. The summed E-state index contributed by atoms with van der Waals surface area (Å²) in [5.41, 5.74) is 5.74. The van der Waals surface area contributed by atoms with Crippen LogP contribution in [-0.4, -0.2) is 22.5 Å². The maximum absolute atomic E-state index is 11.0. The van der Waals surface area contributed by atoms with Gasteiger partial charge in [0, 0.05) is 12.6 Å². The Morgan fingerprint density at radius 1 is 1.45 bits per heavy atom. The van der Waals surface area contributed by atoms with Crippen molar-refractivity contribution in [1.29, 1.82) is 0 Å². The Morgan fingerprint density at radius 2 is 2.10 bits per heavy atom. The van der Waals surface area contributed by atoms with Crippen molar-refractivity contribution < 1.29 is 4.92 Å². The van der Waals surface area contributed by atoms with Crippen LogP contribution < -0.4 is 10.6 Å². The topological polar surface area (TPSA) is 85.3 Å². The molecule has 0 aromatic carbocycles. The molecule has 1 saturated carbocycles. The number of rotatable bonds is 5. The van der Waals surface area contributed by atoms with Crippen LogP contribution in [0.2, 0.25) is 0 Å². The van der Waals surface area contributed by atoms with Crippen LogP contribution in [-0.2, 0) is 0 Å². The maximum Gasteiger partial charge on any atom is 0.276 e. The fraction of sp³-hybridized carbons (Fsp3) is 0.643. The molecule has 6 heteroatoms. The monoisotopic (exact) mass is 278 g/mol. The number of pyridine rings is 1. The van der Waals surface area contributed by atoms with E-state index in [0.29, 0.717) is 17.8 Å². The zero-order valence-corrected chi connectivity index (χ0v) is 12.1. The molecule has 1 aromatic rings. The summed E-state index contributed by atoms with van der Waals surface area (Å²) in [5.74, 6) is 1.32. The van der Waals surface area contributed by atoms with Gasteiger partial charge in [-0.25, -0.2) is 4.98 Å². The normalized spacial score (nSPS) is 15.8. The number of nitrogen functional groups attached to an aromatic ring is 1. The van der Waals surface area contributed by atoms with E-state index in [-0.39, 0.29) is 11.5 Å². The molecule has 6 nitrogen and oxygen atoms in total. The van der Waals surface area contributed by atoms with Gasteiger partial charge in [0.15, 0.2) is 0 Å². The predicted molar refractivity (Wildman–Crippen MR) is 79.7 cm³/mol. The van der Waals surface area contributed by atoms with Crippen molar-refractivity contribution in [3.05, 3.63) is 22.2 Å². The Morgan fingerprint density at radius 3 is 2.65 bits per heavy atom. The number of nitrogens with two attached hydrogens (primary N) is 1. The van der Waals surface area contributed by atoms with Gasteiger partial charge in [0.25, 0.3) is 5.69 Å². The van der Waals surface area contributed by atoms with Crippen LogP contribution in [0.25, 0.3) is 0 Å². The van der Waals surface area contributed by atoms with Crippen LogP contribution in [0.1, 0.15) is 39.5 Å². The number of nitro groups is 1. The summed E-state index contributed by atoms with van der Waals surface area (Å²) >= 11 is 0. The Hall–Kier alpha value is -1.85. The third-order valence-corrected chi connectivity index (χ3v) is 3.65. The van der Waals surface area contributed by atoms with Crippen LogP contribution in [0.15, 0.2) is 12.1 Å². The van der Waals surface area contributed by atoms with Gasteiger partial charge in [0.05, 0.1) is 17.1 Å². The molecule has 1 heterocycles. The average molecular weight is 278 g/mol. The maximum atomic E-state index is 11.0. The van der Waals surface area contributed by atoms with Crippen molar-refractivity contribution in [3.8, 4) is 0 Å². The molecule has 1 fully saturated rings. The molecule has 0 bridgehead atoms. The molecule has 0 atom stereocenters. The van der Waals surface area contributed by atoms with Crippen molar-refractivity contribution in [3.63, 3.8) is 0 Å². The molecule has 20 heavy (non-hydrogen) atoms. The van der Waals surface area contributed by atoms with Gasteiger partial charge in [-0.05, 0) is 18.8 Å². The molecule has 2 N–H and O–H groups in total.